The minimum absolute atomic E-state index is 0.0967. The van der Waals surface area contributed by atoms with E-state index in [9.17, 15) is 24.3 Å². The van der Waals surface area contributed by atoms with Crippen LogP contribution in [0.15, 0.2) is 11.6 Å². The van der Waals surface area contributed by atoms with Crippen LogP contribution in [0.25, 0.3) is 0 Å². The number of ether oxygens (including phenoxy) is 4. The minimum Gasteiger partial charge on any atom is -0.462 e. The lowest BCUT2D eigenvalue weighted by Gasteiger charge is -2.59. The number of Topliss-reactive ketones (excluding diaryl/α,β-unsaturated/α-hetero) is 1. The fourth-order valence-electron chi connectivity index (χ4n) is 7.63. The van der Waals surface area contributed by atoms with Crippen molar-refractivity contribution in [2.45, 2.75) is 97.2 Å². The Morgan fingerprint density at radius 3 is 2.11 bits per heavy atom. The average molecular weight is 493 g/mol. The van der Waals surface area contributed by atoms with E-state index in [1.165, 1.54) is 20.8 Å². The van der Waals surface area contributed by atoms with E-state index < -0.39 is 70.1 Å². The van der Waals surface area contributed by atoms with Crippen LogP contribution in [0.1, 0.15) is 67.7 Å². The molecule has 1 aliphatic heterocycles. The number of rotatable bonds is 4. The molecular weight excluding hydrogens is 456 g/mol. The number of allylic oxidation sites excluding steroid dienone is 1. The maximum Gasteiger partial charge on any atom is 0.303 e. The maximum absolute atomic E-state index is 13.5. The summed E-state index contributed by atoms with van der Waals surface area (Å²) in [6, 6.07) is 0. The lowest BCUT2D eigenvalue weighted by Crippen LogP contribution is -2.71. The second-order valence-electron chi connectivity index (χ2n) is 11.4. The molecule has 1 saturated heterocycles. The standard InChI is InChI=1S/C26H36O9/c1-13(28)32-20-17-11-18(31)25(7)26(35-25,23(17,4)5)22(34-15(3)30)21(33-14(2)29)24(6)10-8-9-16(12-27)19(20)24/h9,17,19-22,27H,8,10-12H2,1-7H3/t17-,19-,20+,21-,22-,24+,25+,26-/m0/s1. The quantitative estimate of drug-likeness (QED) is 0.272. The average Bonchev–Trinajstić information content (AvgIpc) is 3.41. The smallest absolute Gasteiger partial charge is 0.303 e. The number of fused-ring (bicyclic) bond motifs is 2. The number of aliphatic hydroxyl groups excluding tert-OH is 1. The van der Waals surface area contributed by atoms with Crippen LogP contribution >= 0.6 is 0 Å². The van der Waals surface area contributed by atoms with Crippen molar-refractivity contribution in [1.29, 1.82) is 0 Å². The van der Waals surface area contributed by atoms with E-state index in [-0.39, 0.29) is 18.8 Å². The topological polar surface area (TPSA) is 129 Å². The molecule has 194 valence electrons. The van der Waals surface area contributed by atoms with Crippen molar-refractivity contribution in [2.75, 3.05) is 6.61 Å². The molecule has 0 unspecified atom stereocenters. The second-order valence-corrected chi connectivity index (χ2v) is 11.4. The molecule has 2 bridgehead atoms. The Morgan fingerprint density at radius 2 is 1.57 bits per heavy atom. The Kier molecular flexibility index (Phi) is 6.00. The predicted octanol–water partition coefficient (Wildman–Crippen LogP) is 2.27. The van der Waals surface area contributed by atoms with Crippen molar-refractivity contribution >= 4 is 23.7 Å². The van der Waals surface area contributed by atoms with Gasteiger partial charge in [-0.2, -0.15) is 0 Å². The van der Waals surface area contributed by atoms with Crippen molar-refractivity contribution in [1.82, 2.24) is 0 Å². The zero-order valence-electron chi connectivity index (χ0n) is 21.5. The van der Waals surface area contributed by atoms with E-state index >= 15 is 0 Å². The molecule has 4 aliphatic rings. The number of aliphatic hydroxyl groups is 1. The summed E-state index contributed by atoms with van der Waals surface area (Å²) in [5.74, 6) is -2.94. The van der Waals surface area contributed by atoms with Crippen molar-refractivity contribution < 1.29 is 43.2 Å². The van der Waals surface area contributed by atoms with Crippen LogP contribution in [0, 0.1) is 22.7 Å². The van der Waals surface area contributed by atoms with Gasteiger partial charge in [0.2, 0.25) is 0 Å². The first kappa shape index (κ1) is 25.8. The summed E-state index contributed by atoms with van der Waals surface area (Å²) < 4.78 is 24.2. The molecule has 0 aromatic heterocycles. The van der Waals surface area contributed by atoms with E-state index in [2.05, 4.69) is 0 Å². The fourth-order valence-corrected chi connectivity index (χ4v) is 7.63. The van der Waals surface area contributed by atoms with Gasteiger partial charge in [0.15, 0.2) is 23.1 Å². The van der Waals surface area contributed by atoms with E-state index in [4.69, 9.17) is 18.9 Å². The molecule has 1 N–H and O–H groups in total. The number of carbonyl (C=O) groups excluding carboxylic acids is 4. The van der Waals surface area contributed by atoms with Crippen LogP contribution in [0.2, 0.25) is 0 Å². The number of carbonyl (C=O) groups is 4. The summed E-state index contributed by atoms with van der Waals surface area (Å²) in [7, 11) is 0. The van der Waals surface area contributed by atoms with E-state index in [1.54, 1.807) is 6.92 Å². The fraction of sp³-hybridized carbons (Fsp3) is 0.769. The molecule has 0 amide bonds. The maximum atomic E-state index is 13.5. The summed E-state index contributed by atoms with van der Waals surface area (Å²) in [6.07, 6.45) is 0.216. The van der Waals surface area contributed by atoms with Crippen LogP contribution in [0.5, 0.6) is 0 Å². The Hall–Kier alpha value is -2.26. The SMILES string of the molecule is CC(=O)O[C@@H]1[C@@H]2CC(=O)[C@@]3(C)O[C@@]3([C@@H](OC(C)=O)[C@H](OC(C)=O)[C@]3(C)CCC=C(CO)[C@@H]13)C2(C)C. The van der Waals surface area contributed by atoms with Crippen LogP contribution < -0.4 is 0 Å². The van der Waals surface area contributed by atoms with Gasteiger partial charge >= 0.3 is 17.9 Å². The Morgan fingerprint density at radius 1 is 1.00 bits per heavy atom. The number of hydrogen-bond donors (Lipinski definition) is 1. The number of ketones is 1. The molecule has 9 nitrogen and oxygen atoms in total. The van der Waals surface area contributed by atoms with Crippen LogP contribution in [-0.4, -0.2) is 64.9 Å². The molecule has 2 saturated carbocycles. The third kappa shape index (κ3) is 3.41. The van der Waals surface area contributed by atoms with Crippen molar-refractivity contribution in [3.05, 3.63) is 11.6 Å². The Bertz CT molecular complexity index is 999. The van der Waals surface area contributed by atoms with E-state index in [0.29, 0.717) is 18.4 Å². The Labute approximate surface area is 205 Å². The third-order valence-corrected chi connectivity index (χ3v) is 9.17. The zero-order chi connectivity index (χ0) is 26.1. The lowest BCUT2D eigenvalue weighted by atomic mass is 9.46. The highest BCUT2D eigenvalue weighted by Gasteiger charge is 2.88. The molecule has 9 heteroatoms. The van der Waals surface area contributed by atoms with Crippen LogP contribution in [0.3, 0.4) is 0 Å². The molecule has 4 rings (SSSR count). The number of esters is 3. The highest BCUT2D eigenvalue weighted by atomic mass is 16.7. The van der Waals surface area contributed by atoms with Gasteiger partial charge in [0.1, 0.15) is 12.2 Å². The normalized spacial score (nSPS) is 43.4. The monoisotopic (exact) mass is 492 g/mol. The molecule has 0 aromatic rings. The summed E-state index contributed by atoms with van der Waals surface area (Å²) >= 11 is 0. The van der Waals surface area contributed by atoms with Gasteiger partial charge in [0.25, 0.3) is 0 Å². The van der Waals surface area contributed by atoms with Gasteiger partial charge in [-0.3, -0.25) is 19.2 Å². The van der Waals surface area contributed by atoms with E-state index in [1.807, 2.05) is 26.8 Å². The molecule has 1 spiro atoms. The summed E-state index contributed by atoms with van der Waals surface area (Å²) in [4.78, 5) is 50.8. The third-order valence-electron chi connectivity index (χ3n) is 9.17. The first-order valence-electron chi connectivity index (χ1n) is 12.2. The van der Waals surface area contributed by atoms with Crippen LogP contribution in [-0.2, 0) is 38.1 Å². The number of epoxide rings is 1. The van der Waals surface area contributed by atoms with E-state index in [0.717, 1.165) is 0 Å². The number of hydrogen-bond acceptors (Lipinski definition) is 9. The van der Waals surface area contributed by atoms with Gasteiger partial charge in [-0.15, -0.1) is 0 Å². The van der Waals surface area contributed by atoms with Crippen molar-refractivity contribution in [3.63, 3.8) is 0 Å². The lowest BCUT2D eigenvalue weighted by molar-refractivity contribution is -0.226. The highest BCUT2D eigenvalue weighted by molar-refractivity contribution is 5.94. The zero-order valence-corrected chi connectivity index (χ0v) is 21.5. The molecular formula is C26H36O9. The molecule has 0 radical (unpaired) electrons. The largest absolute Gasteiger partial charge is 0.462 e. The van der Waals surface area contributed by atoms with Crippen LogP contribution in [0.4, 0.5) is 0 Å². The first-order chi connectivity index (χ1) is 16.2. The van der Waals surface area contributed by atoms with Gasteiger partial charge in [0.05, 0.1) is 6.61 Å². The van der Waals surface area contributed by atoms with Gasteiger partial charge in [-0.25, -0.2) is 0 Å². The Balaban J connectivity index is 2.05. The predicted molar refractivity (Wildman–Crippen MR) is 122 cm³/mol. The first-order valence-corrected chi connectivity index (χ1v) is 12.2. The van der Waals surface area contributed by atoms with Crippen molar-refractivity contribution in [2.24, 2.45) is 22.7 Å². The minimum atomic E-state index is -1.29. The van der Waals surface area contributed by atoms with Crippen molar-refractivity contribution in [3.8, 4) is 0 Å². The molecule has 3 aliphatic carbocycles. The molecule has 0 aromatic carbocycles. The van der Waals surface area contributed by atoms with Gasteiger partial charge in [0, 0.05) is 49.9 Å². The van der Waals surface area contributed by atoms with Gasteiger partial charge in [-0.05, 0) is 25.3 Å². The second kappa shape index (κ2) is 8.13. The molecule has 3 fully saturated rings. The molecule has 8 atom stereocenters. The van der Waals surface area contributed by atoms with Gasteiger partial charge in [-0.1, -0.05) is 26.8 Å². The summed E-state index contributed by atoms with van der Waals surface area (Å²) in [6.45, 7) is 11.0. The molecule has 35 heavy (non-hydrogen) atoms. The summed E-state index contributed by atoms with van der Waals surface area (Å²) in [5.41, 5.74) is -3.63. The summed E-state index contributed by atoms with van der Waals surface area (Å²) in [5, 5.41) is 10.4. The molecule has 1 heterocycles. The highest BCUT2D eigenvalue weighted by Crippen LogP contribution is 2.72. The van der Waals surface area contributed by atoms with Gasteiger partial charge < -0.3 is 24.1 Å².